The first-order chi connectivity index (χ1) is 13.2. The molecule has 0 bridgehead atoms. The Morgan fingerprint density at radius 2 is 1.89 bits per heavy atom. The Kier molecular flexibility index (Phi) is 7.46. The fourth-order valence-corrected chi connectivity index (χ4v) is 4.44. The monoisotopic (exact) mass is 405 g/mol. The zero-order valence-electron chi connectivity index (χ0n) is 14.9. The minimum Gasteiger partial charge on any atom is -0.351 e. The molecule has 1 aliphatic rings. The molecule has 3 amide bonds. The summed E-state index contributed by atoms with van der Waals surface area (Å²) in [7, 11) is 0. The topological polar surface area (TPSA) is 96.0 Å². The first kappa shape index (κ1) is 19.6. The molecule has 0 radical (unpaired) electrons. The summed E-state index contributed by atoms with van der Waals surface area (Å²) in [6.45, 7) is 0.504. The molecule has 27 heavy (non-hydrogen) atoms. The summed E-state index contributed by atoms with van der Waals surface area (Å²) >= 11 is 2.58. The Morgan fingerprint density at radius 3 is 2.67 bits per heavy atom. The number of amides is 3. The van der Waals surface area contributed by atoms with Crippen LogP contribution in [0.1, 0.15) is 37.7 Å². The lowest BCUT2D eigenvalue weighted by molar-refractivity contribution is -0.118. The van der Waals surface area contributed by atoms with Crippen molar-refractivity contribution in [1.29, 1.82) is 0 Å². The van der Waals surface area contributed by atoms with Gasteiger partial charge in [0.05, 0.1) is 5.75 Å². The van der Waals surface area contributed by atoms with E-state index in [0.717, 1.165) is 31.2 Å². The lowest BCUT2D eigenvalue weighted by atomic mass is 9.96. The highest BCUT2D eigenvalue weighted by Gasteiger charge is 2.17. The number of nitrogens with one attached hydrogen (secondary N) is 3. The van der Waals surface area contributed by atoms with E-state index in [0.29, 0.717) is 16.0 Å². The molecule has 2 aromatic rings. The van der Waals surface area contributed by atoms with Crippen LogP contribution in [0.15, 0.2) is 34.7 Å². The zero-order chi connectivity index (χ0) is 18.9. The van der Waals surface area contributed by atoms with Gasteiger partial charge in [-0.2, -0.15) is 0 Å². The highest BCUT2D eigenvalue weighted by Crippen LogP contribution is 2.25. The molecule has 1 saturated carbocycles. The van der Waals surface area contributed by atoms with E-state index in [9.17, 15) is 9.59 Å². The van der Waals surface area contributed by atoms with E-state index in [1.165, 1.54) is 29.5 Å². The number of aromatic nitrogens is 2. The van der Waals surface area contributed by atoms with Crippen molar-refractivity contribution >= 4 is 40.2 Å². The molecule has 1 aromatic carbocycles. The Labute approximate surface area is 166 Å². The number of nitrogens with zero attached hydrogens (tertiary/aromatic N) is 2. The quantitative estimate of drug-likeness (QED) is 0.485. The third kappa shape index (κ3) is 6.84. The van der Waals surface area contributed by atoms with Crippen LogP contribution in [0.2, 0.25) is 0 Å². The average Bonchev–Trinajstić information content (AvgIpc) is 3.13. The van der Waals surface area contributed by atoms with Gasteiger partial charge in [-0.05, 0) is 18.4 Å². The second-order valence-corrected chi connectivity index (χ2v) is 8.56. The fourth-order valence-electron chi connectivity index (χ4n) is 2.86. The van der Waals surface area contributed by atoms with Gasteiger partial charge in [-0.25, -0.2) is 4.79 Å². The van der Waals surface area contributed by atoms with Gasteiger partial charge in [-0.1, -0.05) is 72.7 Å². The van der Waals surface area contributed by atoms with Crippen molar-refractivity contribution in [3.8, 4) is 0 Å². The van der Waals surface area contributed by atoms with Crippen LogP contribution >= 0.6 is 23.1 Å². The van der Waals surface area contributed by atoms with Crippen LogP contribution in [-0.2, 0) is 11.3 Å². The number of carbonyl (C=O) groups is 2. The zero-order valence-corrected chi connectivity index (χ0v) is 16.6. The van der Waals surface area contributed by atoms with Crippen molar-refractivity contribution in [2.45, 2.75) is 49.0 Å². The number of carbonyl (C=O) groups excluding carboxylic acids is 2. The molecule has 1 aliphatic carbocycles. The van der Waals surface area contributed by atoms with Gasteiger partial charge < -0.3 is 10.6 Å². The predicted molar refractivity (Wildman–Crippen MR) is 108 cm³/mol. The van der Waals surface area contributed by atoms with E-state index in [4.69, 9.17) is 0 Å². The molecular weight excluding hydrogens is 382 g/mol. The highest BCUT2D eigenvalue weighted by atomic mass is 32.2. The molecule has 0 saturated heterocycles. The molecule has 0 aliphatic heterocycles. The van der Waals surface area contributed by atoms with E-state index in [-0.39, 0.29) is 23.7 Å². The molecule has 1 heterocycles. The van der Waals surface area contributed by atoms with Crippen LogP contribution in [-0.4, -0.2) is 33.9 Å². The van der Waals surface area contributed by atoms with E-state index in [1.807, 2.05) is 30.3 Å². The number of hydrogen-bond acceptors (Lipinski definition) is 6. The normalized spacial score (nSPS) is 14.5. The van der Waals surface area contributed by atoms with Gasteiger partial charge in [0.15, 0.2) is 4.34 Å². The van der Waals surface area contributed by atoms with E-state index in [2.05, 4.69) is 26.1 Å². The van der Waals surface area contributed by atoms with Crippen molar-refractivity contribution in [3.05, 3.63) is 35.9 Å². The first-order valence-corrected chi connectivity index (χ1v) is 10.8. The molecule has 1 aromatic heterocycles. The maximum absolute atomic E-state index is 12.0. The minimum absolute atomic E-state index is 0.0661. The smallest absolute Gasteiger partial charge is 0.321 e. The molecule has 144 valence electrons. The molecule has 0 unspecified atom stereocenters. The van der Waals surface area contributed by atoms with Crippen molar-refractivity contribution in [2.75, 3.05) is 11.1 Å². The van der Waals surface area contributed by atoms with Crippen LogP contribution in [0.3, 0.4) is 0 Å². The second kappa shape index (κ2) is 10.3. The number of rotatable bonds is 7. The molecule has 9 heteroatoms. The van der Waals surface area contributed by atoms with Crippen molar-refractivity contribution < 1.29 is 9.59 Å². The molecule has 0 spiro atoms. The summed E-state index contributed by atoms with van der Waals surface area (Å²) in [6, 6.07) is 9.76. The van der Waals surface area contributed by atoms with E-state index >= 15 is 0 Å². The van der Waals surface area contributed by atoms with Gasteiger partial charge in [0.2, 0.25) is 11.0 Å². The summed E-state index contributed by atoms with van der Waals surface area (Å²) in [5.41, 5.74) is 1.06. The molecule has 1 fully saturated rings. The van der Waals surface area contributed by atoms with Gasteiger partial charge in [0.25, 0.3) is 0 Å². The van der Waals surface area contributed by atoms with Crippen LogP contribution in [0.4, 0.5) is 9.93 Å². The third-order valence-corrected chi connectivity index (χ3v) is 6.20. The maximum atomic E-state index is 12.0. The van der Waals surface area contributed by atoms with Crippen LogP contribution in [0.5, 0.6) is 0 Å². The standard InChI is InChI=1S/C18H23N5O2S2/c24-15(19-11-13-7-3-1-4-8-13)12-26-18-23-22-17(27-18)21-16(25)20-14-9-5-2-6-10-14/h1,3-4,7-8,14H,2,5-6,9-12H2,(H,19,24)(H2,20,21,22,25). The number of hydrogen-bond donors (Lipinski definition) is 3. The molecule has 0 atom stereocenters. The maximum Gasteiger partial charge on any atom is 0.321 e. The van der Waals surface area contributed by atoms with Crippen LogP contribution in [0.25, 0.3) is 0 Å². The van der Waals surface area contributed by atoms with Crippen LogP contribution < -0.4 is 16.0 Å². The SMILES string of the molecule is O=C(CSc1nnc(NC(=O)NC2CCCCC2)s1)NCc1ccccc1. The molecule has 3 N–H and O–H groups in total. The number of anilines is 1. The summed E-state index contributed by atoms with van der Waals surface area (Å²) < 4.78 is 0.651. The van der Waals surface area contributed by atoms with Gasteiger partial charge in [-0.3, -0.25) is 10.1 Å². The Hall–Kier alpha value is -2.13. The summed E-state index contributed by atoms with van der Waals surface area (Å²) in [5.74, 6) is 0.194. The number of urea groups is 1. The van der Waals surface area contributed by atoms with Gasteiger partial charge in [-0.15, -0.1) is 10.2 Å². The third-order valence-electron chi connectivity index (χ3n) is 4.23. The van der Waals surface area contributed by atoms with Crippen molar-refractivity contribution in [3.63, 3.8) is 0 Å². The summed E-state index contributed by atoms with van der Waals surface area (Å²) in [5, 5.41) is 17.0. The fraction of sp³-hybridized carbons (Fsp3) is 0.444. The highest BCUT2D eigenvalue weighted by molar-refractivity contribution is 8.01. The van der Waals surface area contributed by atoms with Gasteiger partial charge in [0, 0.05) is 12.6 Å². The summed E-state index contributed by atoms with van der Waals surface area (Å²) in [4.78, 5) is 24.0. The van der Waals surface area contributed by atoms with Gasteiger partial charge >= 0.3 is 6.03 Å². The van der Waals surface area contributed by atoms with Crippen molar-refractivity contribution in [2.24, 2.45) is 0 Å². The molecule has 3 rings (SSSR count). The lowest BCUT2D eigenvalue weighted by Gasteiger charge is -2.22. The molecule has 7 nitrogen and oxygen atoms in total. The van der Waals surface area contributed by atoms with Crippen molar-refractivity contribution in [1.82, 2.24) is 20.8 Å². The lowest BCUT2D eigenvalue weighted by Crippen LogP contribution is -2.38. The Bertz CT molecular complexity index is 747. The average molecular weight is 406 g/mol. The predicted octanol–water partition coefficient (Wildman–Crippen LogP) is 3.40. The van der Waals surface area contributed by atoms with E-state index < -0.39 is 0 Å². The Balaban J connectivity index is 1.37. The second-order valence-electron chi connectivity index (χ2n) is 6.36. The van der Waals surface area contributed by atoms with Crippen LogP contribution in [0, 0.1) is 0 Å². The Morgan fingerprint density at radius 1 is 1.11 bits per heavy atom. The minimum atomic E-state index is -0.241. The largest absolute Gasteiger partial charge is 0.351 e. The van der Waals surface area contributed by atoms with Gasteiger partial charge in [0.1, 0.15) is 0 Å². The number of thioether (sulfide) groups is 1. The summed E-state index contributed by atoms with van der Waals surface area (Å²) in [6.07, 6.45) is 5.63. The first-order valence-electron chi connectivity index (χ1n) is 9.03. The number of benzene rings is 1. The molecular formula is C18H23N5O2S2. The van der Waals surface area contributed by atoms with E-state index in [1.54, 1.807) is 0 Å².